The van der Waals surface area contributed by atoms with Crippen molar-refractivity contribution < 1.29 is 5.11 Å². The molecule has 2 atom stereocenters. The van der Waals surface area contributed by atoms with Crippen molar-refractivity contribution in [3.8, 4) is 0 Å². The van der Waals surface area contributed by atoms with E-state index < -0.39 is 0 Å². The minimum atomic E-state index is 0.306. The fourth-order valence-electron chi connectivity index (χ4n) is 3.22. The van der Waals surface area contributed by atoms with Gasteiger partial charge in [-0.05, 0) is 56.4 Å². The molecule has 1 aliphatic heterocycles. The third-order valence-corrected chi connectivity index (χ3v) is 5.26. The first-order valence-corrected chi connectivity index (χ1v) is 8.19. The Balaban J connectivity index is 1.92. The van der Waals surface area contributed by atoms with E-state index in [1.54, 1.807) is 0 Å². The number of aromatic nitrogens is 2. The van der Waals surface area contributed by atoms with Gasteiger partial charge in [0.15, 0.2) is 0 Å². The lowest BCUT2D eigenvalue weighted by molar-refractivity contribution is 0.179. The van der Waals surface area contributed by atoms with Gasteiger partial charge in [0.05, 0.1) is 0 Å². The second kappa shape index (κ2) is 7.21. The number of hydrogen-bond acceptors (Lipinski definition) is 4. The Kier molecular flexibility index (Phi) is 5.57. The van der Waals surface area contributed by atoms with Gasteiger partial charge in [0.2, 0.25) is 5.95 Å². The van der Waals surface area contributed by atoms with Crippen LogP contribution in [-0.2, 0) is 0 Å². The summed E-state index contributed by atoms with van der Waals surface area (Å²) in [5.41, 5.74) is 2.23. The smallest absolute Gasteiger partial charge is 0.225 e. The molecule has 0 bridgehead atoms. The topological polar surface area (TPSA) is 49.2 Å². The van der Waals surface area contributed by atoms with Crippen LogP contribution in [0.4, 0.5) is 5.95 Å². The second-order valence-electron chi connectivity index (χ2n) is 6.61. The summed E-state index contributed by atoms with van der Waals surface area (Å²) in [6.07, 6.45) is 5.25. The molecule has 2 unspecified atom stereocenters. The number of hydrogen-bond donors (Lipinski definition) is 1. The highest BCUT2D eigenvalue weighted by molar-refractivity contribution is 5.33. The van der Waals surface area contributed by atoms with Crippen molar-refractivity contribution in [1.29, 1.82) is 0 Å². The molecule has 1 aromatic heterocycles. The van der Waals surface area contributed by atoms with E-state index in [-0.39, 0.29) is 0 Å². The van der Waals surface area contributed by atoms with E-state index in [0.29, 0.717) is 18.4 Å². The summed E-state index contributed by atoms with van der Waals surface area (Å²) in [6.45, 7) is 11.1. The van der Waals surface area contributed by atoms with Crippen molar-refractivity contribution in [2.24, 2.45) is 17.8 Å². The van der Waals surface area contributed by atoms with Crippen LogP contribution >= 0.6 is 0 Å². The zero-order valence-electron chi connectivity index (χ0n) is 13.8. The van der Waals surface area contributed by atoms with Gasteiger partial charge in [0.25, 0.3) is 0 Å². The van der Waals surface area contributed by atoms with Crippen molar-refractivity contribution >= 4 is 5.95 Å². The minimum absolute atomic E-state index is 0.306. The summed E-state index contributed by atoms with van der Waals surface area (Å²) in [7, 11) is 0. The molecule has 1 saturated heterocycles. The lowest BCUT2D eigenvalue weighted by Gasteiger charge is -2.37. The van der Waals surface area contributed by atoms with E-state index in [4.69, 9.17) is 5.11 Å². The first-order valence-electron chi connectivity index (χ1n) is 8.19. The molecule has 0 spiro atoms. The van der Waals surface area contributed by atoms with Crippen molar-refractivity contribution in [3.05, 3.63) is 17.5 Å². The normalized spacial score (nSPS) is 19.6. The van der Waals surface area contributed by atoms with Crippen molar-refractivity contribution in [3.63, 3.8) is 0 Å². The molecule has 4 nitrogen and oxygen atoms in total. The van der Waals surface area contributed by atoms with Crippen LogP contribution in [-0.4, -0.2) is 34.8 Å². The predicted molar refractivity (Wildman–Crippen MR) is 86.5 cm³/mol. The van der Waals surface area contributed by atoms with Crippen LogP contribution in [0.5, 0.6) is 0 Å². The van der Waals surface area contributed by atoms with Gasteiger partial charge in [-0.1, -0.05) is 13.8 Å². The Hall–Kier alpha value is -1.16. The van der Waals surface area contributed by atoms with Crippen LogP contribution in [0.2, 0.25) is 0 Å². The molecular weight excluding hydrogens is 262 g/mol. The maximum Gasteiger partial charge on any atom is 0.225 e. The maximum atomic E-state index is 9.10. The SMILES string of the molecule is Cc1cnc(N2CCC(C(C)C(C)CCO)CC2)nc1C. The number of piperidine rings is 1. The van der Waals surface area contributed by atoms with Crippen LogP contribution in [0.15, 0.2) is 6.20 Å². The highest BCUT2D eigenvalue weighted by atomic mass is 16.3. The summed E-state index contributed by atoms with van der Waals surface area (Å²) >= 11 is 0. The summed E-state index contributed by atoms with van der Waals surface area (Å²) in [4.78, 5) is 11.4. The van der Waals surface area contributed by atoms with Crippen molar-refractivity contribution in [2.45, 2.75) is 47.0 Å². The first kappa shape index (κ1) is 16.2. The Bertz CT molecular complexity index is 455. The van der Waals surface area contributed by atoms with Gasteiger partial charge in [-0.2, -0.15) is 0 Å². The first-order chi connectivity index (χ1) is 10.0. The van der Waals surface area contributed by atoms with Crippen molar-refractivity contribution in [1.82, 2.24) is 9.97 Å². The quantitative estimate of drug-likeness (QED) is 0.906. The fraction of sp³-hybridized carbons (Fsp3) is 0.765. The van der Waals surface area contributed by atoms with Crippen LogP contribution < -0.4 is 4.90 Å². The van der Waals surface area contributed by atoms with Gasteiger partial charge >= 0.3 is 0 Å². The summed E-state index contributed by atoms with van der Waals surface area (Å²) in [6, 6.07) is 0. The lowest BCUT2D eigenvalue weighted by Crippen LogP contribution is -2.38. The molecule has 1 fully saturated rings. The maximum absolute atomic E-state index is 9.10. The summed E-state index contributed by atoms with van der Waals surface area (Å²) in [5.74, 6) is 2.92. The monoisotopic (exact) mass is 291 g/mol. The van der Waals surface area contributed by atoms with Gasteiger partial charge in [-0.15, -0.1) is 0 Å². The number of anilines is 1. The van der Waals surface area contributed by atoms with Crippen LogP contribution in [0.1, 0.15) is 44.4 Å². The van der Waals surface area contributed by atoms with Gasteiger partial charge < -0.3 is 10.0 Å². The van der Waals surface area contributed by atoms with Gasteiger partial charge in [-0.3, -0.25) is 0 Å². The molecule has 0 aliphatic carbocycles. The van der Waals surface area contributed by atoms with Gasteiger partial charge in [0.1, 0.15) is 0 Å². The molecule has 0 radical (unpaired) electrons. The fourth-order valence-corrected chi connectivity index (χ4v) is 3.22. The Labute approximate surface area is 128 Å². The molecule has 2 rings (SSSR count). The minimum Gasteiger partial charge on any atom is -0.396 e. The number of rotatable bonds is 5. The van der Waals surface area contributed by atoms with E-state index in [9.17, 15) is 0 Å². The molecule has 21 heavy (non-hydrogen) atoms. The van der Waals surface area contributed by atoms with E-state index in [2.05, 4.69) is 35.6 Å². The summed E-state index contributed by atoms with van der Waals surface area (Å²) < 4.78 is 0. The van der Waals surface area contributed by atoms with Crippen LogP contribution in [0.3, 0.4) is 0 Å². The third-order valence-electron chi connectivity index (χ3n) is 5.26. The Morgan fingerprint density at radius 1 is 1.29 bits per heavy atom. The average Bonchev–Trinajstić information content (AvgIpc) is 2.50. The third kappa shape index (κ3) is 3.94. The van der Waals surface area contributed by atoms with Gasteiger partial charge in [-0.25, -0.2) is 9.97 Å². The van der Waals surface area contributed by atoms with E-state index in [1.807, 2.05) is 13.1 Å². The Morgan fingerprint density at radius 3 is 2.52 bits per heavy atom. The molecule has 0 saturated carbocycles. The predicted octanol–water partition coefficient (Wildman–Crippen LogP) is 2.96. The second-order valence-corrected chi connectivity index (χ2v) is 6.61. The molecule has 1 N–H and O–H groups in total. The standard InChI is InChI=1S/C17H29N3O/c1-12(7-10-21)14(3)16-5-8-20(9-6-16)17-18-11-13(2)15(4)19-17/h11-12,14,16,21H,5-10H2,1-4H3. The molecule has 2 heterocycles. The van der Waals surface area contributed by atoms with E-state index in [0.717, 1.165) is 42.6 Å². The number of nitrogens with zero attached hydrogens (tertiary/aromatic N) is 3. The molecule has 118 valence electrons. The lowest BCUT2D eigenvalue weighted by atomic mass is 9.77. The zero-order chi connectivity index (χ0) is 15.4. The summed E-state index contributed by atoms with van der Waals surface area (Å²) in [5, 5.41) is 9.10. The molecule has 1 aromatic rings. The average molecular weight is 291 g/mol. The van der Waals surface area contributed by atoms with Crippen molar-refractivity contribution in [2.75, 3.05) is 24.6 Å². The van der Waals surface area contributed by atoms with E-state index >= 15 is 0 Å². The Morgan fingerprint density at radius 2 is 1.95 bits per heavy atom. The van der Waals surface area contributed by atoms with E-state index in [1.165, 1.54) is 12.8 Å². The van der Waals surface area contributed by atoms with Gasteiger partial charge in [0, 0.05) is 31.6 Å². The molecule has 0 amide bonds. The molecule has 0 aromatic carbocycles. The number of aryl methyl sites for hydroxylation is 2. The van der Waals surface area contributed by atoms with Crippen LogP contribution in [0, 0.1) is 31.6 Å². The zero-order valence-corrected chi connectivity index (χ0v) is 13.8. The molecular formula is C17H29N3O. The molecule has 1 aliphatic rings. The number of aliphatic hydroxyl groups excluding tert-OH is 1. The molecule has 4 heteroatoms. The largest absolute Gasteiger partial charge is 0.396 e. The number of aliphatic hydroxyl groups is 1. The highest BCUT2D eigenvalue weighted by Crippen LogP contribution is 2.32. The van der Waals surface area contributed by atoms with Crippen LogP contribution in [0.25, 0.3) is 0 Å². The highest BCUT2D eigenvalue weighted by Gasteiger charge is 2.27.